The quantitative estimate of drug-likeness (QED) is 0.413. The Morgan fingerprint density at radius 3 is 2.59 bits per heavy atom. The van der Waals surface area contributed by atoms with Crippen molar-refractivity contribution in [2.75, 3.05) is 6.61 Å². The molecule has 32 heavy (non-hydrogen) atoms. The lowest BCUT2D eigenvalue weighted by molar-refractivity contribution is -0.117. The molecule has 0 radical (unpaired) electrons. The molecule has 0 bridgehead atoms. The van der Waals surface area contributed by atoms with Crippen LogP contribution >= 0.6 is 39.3 Å². The highest BCUT2D eigenvalue weighted by atomic mass is 79.9. The maximum absolute atomic E-state index is 12.7. The van der Waals surface area contributed by atoms with Gasteiger partial charge in [0.15, 0.2) is 16.7 Å². The van der Waals surface area contributed by atoms with E-state index in [1.807, 2.05) is 0 Å². The molecule has 1 aliphatic heterocycles. The summed E-state index contributed by atoms with van der Waals surface area (Å²) in [6.45, 7) is 3.30. The normalized spacial score (nSPS) is 14.9. The Kier molecular flexibility index (Phi) is 7.65. The van der Waals surface area contributed by atoms with Crippen molar-refractivity contribution in [3.63, 3.8) is 0 Å². The van der Waals surface area contributed by atoms with Crippen molar-refractivity contribution in [3.8, 4) is 11.5 Å². The number of halogens is 2. The number of amides is 2. The van der Waals surface area contributed by atoms with Crippen LogP contribution in [0.25, 0.3) is 6.08 Å². The zero-order valence-corrected chi connectivity index (χ0v) is 20.7. The second-order valence-electron chi connectivity index (χ2n) is 6.27. The van der Waals surface area contributed by atoms with Gasteiger partial charge in [0.05, 0.1) is 16.0 Å². The number of carbonyl (C=O) groups excluding carboxylic acids is 2. The van der Waals surface area contributed by atoms with Crippen LogP contribution in [-0.4, -0.2) is 32.0 Å². The van der Waals surface area contributed by atoms with Crippen LogP contribution < -0.4 is 14.2 Å². The summed E-state index contributed by atoms with van der Waals surface area (Å²) in [7, 11) is -4.16. The molecular formula is C20H16BrClN2O6S2. The minimum atomic E-state index is -4.16. The number of hydrogen-bond acceptors (Lipinski definition) is 7. The van der Waals surface area contributed by atoms with Crippen LogP contribution in [-0.2, 0) is 19.7 Å². The maximum atomic E-state index is 12.7. The number of nitrogens with zero attached hydrogens (tertiary/aromatic N) is 1. The van der Waals surface area contributed by atoms with Crippen molar-refractivity contribution in [2.45, 2.75) is 18.7 Å². The van der Waals surface area contributed by atoms with Gasteiger partial charge in [-0.25, -0.2) is 0 Å². The van der Waals surface area contributed by atoms with E-state index in [1.165, 1.54) is 37.3 Å². The van der Waals surface area contributed by atoms with Gasteiger partial charge in [0.1, 0.15) is 4.90 Å². The van der Waals surface area contributed by atoms with E-state index >= 15 is 0 Å². The van der Waals surface area contributed by atoms with Gasteiger partial charge >= 0.3 is 10.1 Å². The van der Waals surface area contributed by atoms with E-state index in [2.05, 4.69) is 26.2 Å². The largest absolute Gasteiger partial charge is 0.490 e. The Bertz CT molecular complexity index is 1240. The number of nitrogens with one attached hydrogen (secondary N) is 1. The van der Waals surface area contributed by atoms with Crippen molar-refractivity contribution in [2.24, 2.45) is 4.99 Å². The molecule has 2 amide bonds. The minimum Gasteiger partial charge on any atom is -0.490 e. The Hall–Kier alpha value is -2.34. The minimum absolute atomic E-state index is 0.0375. The van der Waals surface area contributed by atoms with Gasteiger partial charge in [-0.3, -0.25) is 9.59 Å². The molecule has 0 saturated heterocycles. The van der Waals surface area contributed by atoms with Crippen LogP contribution in [0.15, 0.2) is 55.7 Å². The second kappa shape index (κ2) is 10.1. The summed E-state index contributed by atoms with van der Waals surface area (Å²) in [5, 5.41) is 3.05. The number of carbonyl (C=O) groups is 2. The van der Waals surface area contributed by atoms with Gasteiger partial charge < -0.3 is 14.2 Å². The molecule has 2 aromatic carbocycles. The first kappa shape index (κ1) is 24.3. The number of amidine groups is 1. The topological polar surface area (TPSA) is 111 Å². The van der Waals surface area contributed by atoms with Gasteiger partial charge in [0, 0.05) is 11.9 Å². The molecule has 3 rings (SSSR count). The number of ether oxygens (including phenoxy) is 1. The molecule has 0 aromatic heterocycles. The van der Waals surface area contributed by atoms with Crippen molar-refractivity contribution in [1.82, 2.24) is 5.32 Å². The summed E-state index contributed by atoms with van der Waals surface area (Å²) in [5.74, 6) is -0.720. The smallest absolute Gasteiger partial charge is 0.339 e. The molecule has 0 spiro atoms. The molecule has 2 aromatic rings. The number of hydrogen-bond donors (Lipinski definition) is 1. The van der Waals surface area contributed by atoms with Crippen molar-refractivity contribution >= 4 is 72.5 Å². The highest BCUT2D eigenvalue weighted by Gasteiger charge is 2.25. The Balaban J connectivity index is 1.93. The monoisotopic (exact) mass is 558 g/mol. The van der Waals surface area contributed by atoms with E-state index in [1.54, 1.807) is 19.1 Å². The molecule has 12 heteroatoms. The van der Waals surface area contributed by atoms with Crippen LogP contribution in [0.2, 0.25) is 5.02 Å². The Labute approximate surface area is 202 Å². The highest BCUT2D eigenvalue weighted by molar-refractivity contribution is 9.10. The van der Waals surface area contributed by atoms with E-state index in [4.69, 9.17) is 20.5 Å². The van der Waals surface area contributed by atoms with Crippen LogP contribution in [0, 0.1) is 0 Å². The summed E-state index contributed by atoms with van der Waals surface area (Å²) >= 11 is 10.2. The van der Waals surface area contributed by atoms with Crippen LogP contribution in [0.1, 0.15) is 19.4 Å². The van der Waals surface area contributed by atoms with Gasteiger partial charge in [-0.15, -0.1) is 0 Å². The first-order valence-electron chi connectivity index (χ1n) is 9.05. The fourth-order valence-electron chi connectivity index (χ4n) is 2.54. The van der Waals surface area contributed by atoms with Gasteiger partial charge in [-0.1, -0.05) is 11.6 Å². The van der Waals surface area contributed by atoms with E-state index in [-0.39, 0.29) is 39.0 Å². The molecule has 168 valence electrons. The zero-order chi connectivity index (χ0) is 23.5. The lowest BCUT2D eigenvalue weighted by Crippen LogP contribution is -2.23. The number of thioether (sulfide) groups is 1. The van der Waals surface area contributed by atoms with E-state index in [0.29, 0.717) is 15.1 Å². The fourth-order valence-corrected chi connectivity index (χ4v) is 5.13. The SMILES string of the molecule is CCOc1cc(/C=C2/SC(NC(C)=O)=NC2=O)cc(Br)c1OS(=O)(=O)c1ccc(Cl)cc1. The van der Waals surface area contributed by atoms with Gasteiger partial charge in [-0.2, -0.15) is 13.4 Å². The van der Waals surface area contributed by atoms with Gasteiger partial charge in [-0.05, 0) is 82.7 Å². The van der Waals surface area contributed by atoms with Gasteiger partial charge in [0.25, 0.3) is 5.91 Å². The maximum Gasteiger partial charge on any atom is 0.339 e. The molecule has 1 aliphatic rings. The lowest BCUT2D eigenvalue weighted by Gasteiger charge is -2.14. The average molecular weight is 560 g/mol. The lowest BCUT2D eigenvalue weighted by atomic mass is 10.2. The number of rotatable bonds is 6. The molecule has 0 unspecified atom stereocenters. The third kappa shape index (κ3) is 5.91. The summed E-state index contributed by atoms with van der Waals surface area (Å²) in [5.41, 5.74) is 0.534. The fraction of sp³-hybridized carbons (Fsp3) is 0.150. The first-order chi connectivity index (χ1) is 15.1. The number of benzene rings is 2. The third-order valence-corrected chi connectivity index (χ3v) is 6.80. The zero-order valence-electron chi connectivity index (χ0n) is 16.7. The summed E-state index contributed by atoms with van der Waals surface area (Å²) in [6, 6.07) is 8.67. The van der Waals surface area contributed by atoms with Gasteiger partial charge in [0.2, 0.25) is 5.91 Å². The first-order valence-corrected chi connectivity index (χ1v) is 12.4. The molecule has 0 saturated carbocycles. The average Bonchev–Trinajstić information content (AvgIpc) is 3.03. The van der Waals surface area contributed by atoms with Crippen LogP contribution in [0.4, 0.5) is 0 Å². The third-order valence-electron chi connectivity index (χ3n) is 3.83. The Morgan fingerprint density at radius 2 is 1.97 bits per heavy atom. The summed E-state index contributed by atoms with van der Waals surface area (Å²) < 4.78 is 36.6. The molecule has 1 N–H and O–H groups in total. The molecule has 8 nitrogen and oxygen atoms in total. The van der Waals surface area contributed by atoms with Crippen molar-refractivity contribution in [3.05, 3.63) is 56.4 Å². The van der Waals surface area contributed by atoms with Crippen molar-refractivity contribution in [1.29, 1.82) is 0 Å². The predicted molar refractivity (Wildman–Crippen MR) is 126 cm³/mol. The number of aliphatic imine (C=N–C) groups is 1. The standard InChI is InChI=1S/C20H16BrClN2O6S2/c1-3-29-16-9-12(10-17-19(26)24-20(31-17)23-11(2)25)8-15(21)18(16)30-32(27,28)14-6-4-13(22)5-7-14/h4-10H,3H2,1-2H3,(H,23,24,25,26)/b17-10+. The van der Waals surface area contributed by atoms with E-state index < -0.39 is 16.0 Å². The second-order valence-corrected chi connectivity index (χ2v) is 10.1. The molecule has 0 fully saturated rings. The molecular weight excluding hydrogens is 544 g/mol. The molecule has 1 heterocycles. The Morgan fingerprint density at radius 1 is 1.28 bits per heavy atom. The summed E-state index contributed by atoms with van der Waals surface area (Å²) in [6.07, 6.45) is 1.55. The summed E-state index contributed by atoms with van der Waals surface area (Å²) in [4.78, 5) is 27.3. The van der Waals surface area contributed by atoms with Crippen LogP contribution in [0.5, 0.6) is 11.5 Å². The van der Waals surface area contributed by atoms with Crippen LogP contribution in [0.3, 0.4) is 0 Å². The highest BCUT2D eigenvalue weighted by Crippen LogP contribution is 2.40. The van der Waals surface area contributed by atoms with E-state index in [0.717, 1.165) is 11.8 Å². The van der Waals surface area contributed by atoms with Crippen molar-refractivity contribution < 1.29 is 26.9 Å². The molecule has 0 aliphatic carbocycles. The van der Waals surface area contributed by atoms with E-state index in [9.17, 15) is 18.0 Å². The molecule has 0 atom stereocenters. The predicted octanol–water partition coefficient (Wildman–Crippen LogP) is 4.38.